The largest absolute Gasteiger partial charge is 0.465 e. The Morgan fingerprint density at radius 1 is 1.04 bits per heavy atom. The van der Waals surface area contributed by atoms with Crippen LogP contribution in [0.5, 0.6) is 0 Å². The highest BCUT2D eigenvalue weighted by Gasteiger charge is 2.12. The van der Waals surface area contributed by atoms with Gasteiger partial charge in [0, 0.05) is 12.0 Å². The molecule has 0 atom stereocenters. The summed E-state index contributed by atoms with van der Waals surface area (Å²) in [5.41, 5.74) is 17.1. The van der Waals surface area contributed by atoms with E-state index < -0.39 is 0 Å². The molecule has 27 heavy (non-hydrogen) atoms. The predicted octanol–water partition coefficient (Wildman–Crippen LogP) is 3.25. The van der Waals surface area contributed by atoms with Crippen molar-refractivity contribution >= 4 is 17.7 Å². The summed E-state index contributed by atoms with van der Waals surface area (Å²) in [4.78, 5) is 20.2. The van der Waals surface area contributed by atoms with Gasteiger partial charge in [0.2, 0.25) is 5.95 Å². The maximum atomic E-state index is 11.8. The average molecular weight is 362 g/mol. The van der Waals surface area contributed by atoms with E-state index in [2.05, 4.69) is 16.0 Å². The number of nitrogens with zero attached hydrogens (tertiary/aromatic N) is 2. The summed E-state index contributed by atoms with van der Waals surface area (Å²) in [6.45, 7) is 2.01. The third-order valence-electron chi connectivity index (χ3n) is 4.40. The fourth-order valence-corrected chi connectivity index (χ4v) is 3.06. The van der Waals surface area contributed by atoms with Gasteiger partial charge >= 0.3 is 5.97 Å². The number of carbonyl (C=O) groups excluding carboxylic acids is 1. The van der Waals surface area contributed by atoms with E-state index in [1.807, 2.05) is 43.3 Å². The first-order chi connectivity index (χ1) is 13.0. The molecule has 6 nitrogen and oxygen atoms in total. The Balaban J connectivity index is 1.95. The van der Waals surface area contributed by atoms with Crippen LogP contribution in [0.4, 0.5) is 11.8 Å². The smallest absolute Gasteiger partial charge is 0.337 e. The van der Waals surface area contributed by atoms with Crippen LogP contribution in [0.1, 0.15) is 34.1 Å². The number of aryl methyl sites for hydroxylation is 1. The van der Waals surface area contributed by atoms with Gasteiger partial charge in [-0.3, -0.25) is 0 Å². The summed E-state index contributed by atoms with van der Waals surface area (Å²) in [6, 6.07) is 15.5. The van der Waals surface area contributed by atoms with Crippen LogP contribution >= 0.6 is 0 Å². The van der Waals surface area contributed by atoms with Crippen molar-refractivity contribution in [2.24, 2.45) is 0 Å². The number of rotatable bonds is 5. The summed E-state index contributed by atoms with van der Waals surface area (Å²) in [7, 11) is 1.38. The highest BCUT2D eigenvalue weighted by Crippen LogP contribution is 2.25. The molecule has 4 N–H and O–H groups in total. The van der Waals surface area contributed by atoms with E-state index in [9.17, 15) is 4.79 Å². The molecule has 0 amide bonds. The molecule has 0 radical (unpaired) electrons. The molecule has 0 saturated heterocycles. The standard InChI is InChI=1S/C21H22N4O2/c1-3-18-17(19(22)25-21(23)24-18)11-13-6-4-7-14(10-13)15-8-5-9-16(12-15)20(26)27-2/h4-10,12H,3,11H2,1-2H3,(H4,22,23,24,25). The monoisotopic (exact) mass is 362 g/mol. The van der Waals surface area contributed by atoms with E-state index in [0.29, 0.717) is 17.8 Å². The molecule has 0 aliphatic rings. The molecule has 3 aromatic rings. The van der Waals surface area contributed by atoms with Crippen LogP contribution in [0.2, 0.25) is 0 Å². The Morgan fingerprint density at radius 2 is 1.74 bits per heavy atom. The van der Waals surface area contributed by atoms with Crippen molar-refractivity contribution in [2.75, 3.05) is 18.6 Å². The SMILES string of the molecule is CCc1nc(N)nc(N)c1Cc1cccc(-c2cccc(C(=O)OC)c2)c1. The van der Waals surface area contributed by atoms with Crippen LogP contribution in [0.3, 0.4) is 0 Å². The molecule has 0 bridgehead atoms. The zero-order valence-corrected chi connectivity index (χ0v) is 15.4. The zero-order chi connectivity index (χ0) is 19.4. The number of hydrogen-bond donors (Lipinski definition) is 2. The maximum absolute atomic E-state index is 11.8. The molecule has 0 spiro atoms. The molecule has 1 heterocycles. The summed E-state index contributed by atoms with van der Waals surface area (Å²) >= 11 is 0. The topological polar surface area (TPSA) is 104 Å². The van der Waals surface area contributed by atoms with E-state index in [0.717, 1.165) is 34.4 Å². The minimum Gasteiger partial charge on any atom is -0.465 e. The summed E-state index contributed by atoms with van der Waals surface area (Å²) in [5, 5.41) is 0. The maximum Gasteiger partial charge on any atom is 0.337 e. The molecule has 2 aromatic carbocycles. The highest BCUT2D eigenvalue weighted by molar-refractivity contribution is 5.91. The van der Waals surface area contributed by atoms with Gasteiger partial charge in [-0.15, -0.1) is 0 Å². The number of ether oxygens (including phenoxy) is 1. The van der Waals surface area contributed by atoms with Crippen LogP contribution in [0.25, 0.3) is 11.1 Å². The number of methoxy groups -OCH3 is 1. The van der Waals surface area contributed by atoms with Gasteiger partial charge in [0.25, 0.3) is 0 Å². The molecule has 0 saturated carbocycles. The number of carbonyl (C=O) groups is 1. The predicted molar refractivity (Wildman–Crippen MR) is 106 cm³/mol. The van der Waals surface area contributed by atoms with Gasteiger partial charge in [-0.25, -0.2) is 9.78 Å². The molecule has 0 aliphatic heterocycles. The van der Waals surface area contributed by atoms with E-state index in [-0.39, 0.29) is 11.9 Å². The van der Waals surface area contributed by atoms with Gasteiger partial charge in [-0.05, 0) is 35.2 Å². The van der Waals surface area contributed by atoms with Crippen molar-refractivity contribution in [3.8, 4) is 11.1 Å². The van der Waals surface area contributed by atoms with E-state index in [1.165, 1.54) is 7.11 Å². The summed E-state index contributed by atoms with van der Waals surface area (Å²) in [6.07, 6.45) is 1.34. The van der Waals surface area contributed by atoms with Crippen LogP contribution < -0.4 is 11.5 Å². The van der Waals surface area contributed by atoms with Gasteiger partial charge in [-0.2, -0.15) is 4.98 Å². The van der Waals surface area contributed by atoms with Crippen LogP contribution in [0.15, 0.2) is 48.5 Å². The Labute approximate surface area is 158 Å². The first kappa shape index (κ1) is 18.4. The first-order valence-corrected chi connectivity index (χ1v) is 8.70. The Kier molecular flexibility index (Phi) is 5.35. The molecular formula is C21H22N4O2. The molecule has 0 unspecified atom stereocenters. The quantitative estimate of drug-likeness (QED) is 0.675. The average Bonchev–Trinajstić information content (AvgIpc) is 2.69. The van der Waals surface area contributed by atoms with Gasteiger partial charge in [0.1, 0.15) is 5.82 Å². The van der Waals surface area contributed by atoms with Crippen LogP contribution in [-0.4, -0.2) is 23.0 Å². The molecule has 3 rings (SSSR count). The molecule has 6 heteroatoms. The molecular weight excluding hydrogens is 340 g/mol. The fraction of sp³-hybridized carbons (Fsp3) is 0.190. The molecule has 0 fully saturated rings. The minimum absolute atomic E-state index is 0.196. The number of nitrogens with two attached hydrogens (primary N) is 2. The van der Waals surface area contributed by atoms with Gasteiger partial charge < -0.3 is 16.2 Å². The highest BCUT2D eigenvalue weighted by atomic mass is 16.5. The fourth-order valence-electron chi connectivity index (χ4n) is 3.06. The van der Waals surface area contributed by atoms with Crippen molar-refractivity contribution in [3.63, 3.8) is 0 Å². The lowest BCUT2D eigenvalue weighted by atomic mass is 9.97. The third kappa shape index (κ3) is 4.06. The summed E-state index contributed by atoms with van der Waals surface area (Å²) in [5.74, 6) is 0.256. The normalized spacial score (nSPS) is 10.6. The number of hydrogen-bond acceptors (Lipinski definition) is 6. The molecule has 1 aromatic heterocycles. The third-order valence-corrected chi connectivity index (χ3v) is 4.40. The van der Waals surface area contributed by atoms with Crippen molar-refractivity contribution in [2.45, 2.75) is 19.8 Å². The lowest BCUT2D eigenvalue weighted by Crippen LogP contribution is -2.09. The minimum atomic E-state index is -0.354. The lowest BCUT2D eigenvalue weighted by Gasteiger charge is -2.12. The number of aromatic nitrogens is 2. The summed E-state index contributed by atoms with van der Waals surface area (Å²) < 4.78 is 4.80. The van der Waals surface area contributed by atoms with Crippen molar-refractivity contribution in [3.05, 3.63) is 70.9 Å². The van der Waals surface area contributed by atoms with Crippen LogP contribution in [-0.2, 0) is 17.6 Å². The van der Waals surface area contributed by atoms with E-state index in [4.69, 9.17) is 16.2 Å². The van der Waals surface area contributed by atoms with Gasteiger partial charge in [-0.1, -0.05) is 43.3 Å². The van der Waals surface area contributed by atoms with Gasteiger partial charge in [0.05, 0.1) is 18.4 Å². The Bertz CT molecular complexity index is 986. The van der Waals surface area contributed by atoms with Gasteiger partial charge in [0.15, 0.2) is 0 Å². The second kappa shape index (κ2) is 7.86. The molecule has 138 valence electrons. The van der Waals surface area contributed by atoms with Crippen LogP contribution in [0, 0.1) is 0 Å². The van der Waals surface area contributed by atoms with Crippen molar-refractivity contribution in [1.29, 1.82) is 0 Å². The Hall–Kier alpha value is -3.41. The van der Waals surface area contributed by atoms with E-state index in [1.54, 1.807) is 6.07 Å². The second-order valence-corrected chi connectivity index (χ2v) is 6.20. The first-order valence-electron chi connectivity index (χ1n) is 8.70. The molecule has 0 aliphatic carbocycles. The van der Waals surface area contributed by atoms with E-state index >= 15 is 0 Å². The second-order valence-electron chi connectivity index (χ2n) is 6.20. The number of esters is 1. The number of nitrogen functional groups attached to an aromatic ring is 2. The number of benzene rings is 2. The Morgan fingerprint density at radius 3 is 2.44 bits per heavy atom. The van der Waals surface area contributed by atoms with Crippen molar-refractivity contribution < 1.29 is 9.53 Å². The van der Waals surface area contributed by atoms with Crippen molar-refractivity contribution in [1.82, 2.24) is 9.97 Å². The zero-order valence-electron chi connectivity index (χ0n) is 15.4. The lowest BCUT2D eigenvalue weighted by molar-refractivity contribution is 0.0601. The number of anilines is 2.